The Labute approximate surface area is 123 Å². The number of aryl methyl sites for hydroxylation is 2. The zero-order valence-electron chi connectivity index (χ0n) is 11.8. The van der Waals surface area contributed by atoms with Crippen LogP contribution in [0.3, 0.4) is 0 Å². The molecule has 20 heavy (non-hydrogen) atoms. The lowest BCUT2D eigenvalue weighted by Gasteiger charge is -2.10. The number of hydrogen-bond donors (Lipinski definition) is 0. The molecule has 1 aliphatic carbocycles. The number of hydrogen-bond acceptors (Lipinski definition) is 3. The van der Waals surface area contributed by atoms with E-state index in [2.05, 4.69) is 6.07 Å². The van der Waals surface area contributed by atoms with Gasteiger partial charge in [0.25, 0.3) is 0 Å². The van der Waals surface area contributed by atoms with Crippen LogP contribution in [0.2, 0.25) is 0 Å². The third-order valence-electron chi connectivity index (χ3n) is 3.44. The number of ketones is 1. The van der Waals surface area contributed by atoms with Gasteiger partial charge in [-0.05, 0) is 56.9 Å². The molecule has 0 fully saturated rings. The van der Waals surface area contributed by atoms with Gasteiger partial charge in [-0.2, -0.15) is 0 Å². The Morgan fingerprint density at radius 2 is 2.10 bits per heavy atom. The molecule has 1 aliphatic rings. The first kappa shape index (κ1) is 13.4. The van der Waals surface area contributed by atoms with Gasteiger partial charge in [0.15, 0.2) is 0 Å². The summed E-state index contributed by atoms with van der Waals surface area (Å²) >= 11 is 1.65. The van der Waals surface area contributed by atoms with Gasteiger partial charge in [-0.25, -0.2) is 0 Å². The maximum Gasteiger partial charge on any atom is 0.203 e. The molecule has 0 atom stereocenters. The Balaban J connectivity index is 1.86. The van der Waals surface area contributed by atoms with E-state index in [9.17, 15) is 4.79 Å². The van der Waals surface area contributed by atoms with Gasteiger partial charge in [0.1, 0.15) is 5.75 Å². The van der Waals surface area contributed by atoms with Crippen LogP contribution in [0.5, 0.6) is 5.75 Å². The van der Waals surface area contributed by atoms with Crippen molar-refractivity contribution in [2.45, 2.75) is 39.2 Å². The highest BCUT2D eigenvalue weighted by molar-refractivity contribution is 7.14. The van der Waals surface area contributed by atoms with Crippen LogP contribution in [0.25, 0.3) is 0 Å². The van der Waals surface area contributed by atoms with Crippen LogP contribution < -0.4 is 4.74 Å². The van der Waals surface area contributed by atoms with E-state index in [-0.39, 0.29) is 11.9 Å². The fraction of sp³-hybridized carbons (Fsp3) is 0.353. The molecule has 0 N–H and O–H groups in total. The van der Waals surface area contributed by atoms with Gasteiger partial charge < -0.3 is 4.74 Å². The van der Waals surface area contributed by atoms with Crippen molar-refractivity contribution < 1.29 is 9.53 Å². The highest BCUT2D eigenvalue weighted by atomic mass is 32.1. The molecule has 3 heteroatoms. The average molecular weight is 286 g/mol. The van der Waals surface area contributed by atoms with Gasteiger partial charge in [-0.1, -0.05) is 12.1 Å². The normalized spacial score (nSPS) is 13.6. The minimum Gasteiger partial charge on any atom is -0.491 e. The van der Waals surface area contributed by atoms with Crippen LogP contribution in [0.4, 0.5) is 0 Å². The summed E-state index contributed by atoms with van der Waals surface area (Å²) in [5.74, 6) is 0.869. The Hall–Kier alpha value is -1.61. The quantitative estimate of drug-likeness (QED) is 0.785. The van der Waals surface area contributed by atoms with E-state index in [0.29, 0.717) is 5.56 Å². The lowest BCUT2D eigenvalue weighted by Crippen LogP contribution is -2.06. The molecule has 0 saturated carbocycles. The molecular formula is C17H18O2S. The number of fused-ring (bicyclic) bond motifs is 1. The zero-order valence-corrected chi connectivity index (χ0v) is 12.6. The van der Waals surface area contributed by atoms with Crippen molar-refractivity contribution in [1.29, 1.82) is 0 Å². The lowest BCUT2D eigenvalue weighted by atomic mass is 10.1. The van der Waals surface area contributed by atoms with Crippen LogP contribution in [-0.2, 0) is 12.8 Å². The molecule has 0 saturated heterocycles. The van der Waals surface area contributed by atoms with Crippen molar-refractivity contribution in [3.63, 3.8) is 0 Å². The van der Waals surface area contributed by atoms with Gasteiger partial charge >= 0.3 is 0 Å². The summed E-state index contributed by atoms with van der Waals surface area (Å²) in [6.07, 6.45) is 3.60. The lowest BCUT2D eigenvalue weighted by molar-refractivity contribution is 0.104. The number of ether oxygens (including phenoxy) is 1. The predicted octanol–water partition coefficient (Wildman–Crippen LogP) is 4.26. The highest BCUT2D eigenvalue weighted by Gasteiger charge is 2.19. The minimum absolute atomic E-state index is 0.110. The third kappa shape index (κ3) is 2.63. The van der Waals surface area contributed by atoms with Crippen molar-refractivity contribution >= 4 is 17.1 Å². The van der Waals surface area contributed by atoms with Gasteiger partial charge in [0.2, 0.25) is 5.78 Å². The average Bonchev–Trinajstić information content (AvgIpc) is 2.98. The van der Waals surface area contributed by atoms with E-state index < -0.39 is 0 Å². The molecule has 1 heterocycles. The summed E-state index contributed by atoms with van der Waals surface area (Å²) in [7, 11) is 0. The van der Waals surface area contributed by atoms with Crippen LogP contribution in [0.15, 0.2) is 30.3 Å². The monoisotopic (exact) mass is 286 g/mol. The van der Waals surface area contributed by atoms with Gasteiger partial charge in [-0.3, -0.25) is 4.79 Å². The molecule has 0 unspecified atom stereocenters. The minimum atomic E-state index is 0.110. The SMILES string of the molecule is CC(C)Oc1cccc(C(=O)c2cc3c(s2)CCC3)c1. The van der Waals surface area contributed by atoms with E-state index >= 15 is 0 Å². The van der Waals surface area contributed by atoms with Gasteiger partial charge in [0, 0.05) is 10.4 Å². The third-order valence-corrected chi connectivity index (χ3v) is 4.67. The molecule has 2 aromatic rings. The van der Waals surface area contributed by atoms with Crippen LogP contribution in [0.1, 0.15) is 45.9 Å². The second kappa shape index (κ2) is 5.41. The Morgan fingerprint density at radius 3 is 2.85 bits per heavy atom. The Kier molecular flexibility index (Phi) is 3.62. The molecule has 0 amide bonds. The molecular weight excluding hydrogens is 268 g/mol. The first-order valence-corrected chi connectivity index (χ1v) is 7.88. The molecule has 0 bridgehead atoms. The van der Waals surface area contributed by atoms with Crippen LogP contribution >= 0.6 is 11.3 Å². The Bertz CT molecular complexity index is 619. The number of benzene rings is 1. The van der Waals surface area contributed by atoms with E-state index in [4.69, 9.17) is 4.74 Å². The van der Waals surface area contributed by atoms with Crippen LogP contribution in [0, 0.1) is 0 Å². The van der Waals surface area contributed by atoms with Crippen molar-refractivity contribution in [3.8, 4) is 5.75 Å². The topological polar surface area (TPSA) is 26.3 Å². The van der Waals surface area contributed by atoms with Crippen molar-refractivity contribution in [2.24, 2.45) is 0 Å². The van der Waals surface area contributed by atoms with E-state index in [1.54, 1.807) is 11.3 Å². The molecule has 3 rings (SSSR count). The fourth-order valence-electron chi connectivity index (χ4n) is 2.57. The highest BCUT2D eigenvalue weighted by Crippen LogP contribution is 2.32. The molecule has 2 nitrogen and oxygen atoms in total. The zero-order chi connectivity index (χ0) is 14.1. The summed E-state index contributed by atoms with van der Waals surface area (Å²) in [6, 6.07) is 9.55. The predicted molar refractivity (Wildman–Crippen MR) is 82.0 cm³/mol. The molecule has 0 spiro atoms. The number of rotatable bonds is 4. The first-order chi connectivity index (χ1) is 9.63. The summed E-state index contributed by atoms with van der Waals surface area (Å²) in [5.41, 5.74) is 2.08. The summed E-state index contributed by atoms with van der Waals surface area (Å²) in [4.78, 5) is 14.8. The first-order valence-electron chi connectivity index (χ1n) is 7.06. The number of thiophene rings is 1. The second-order valence-electron chi connectivity index (χ2n) is 5.44. The van der Waals surface area contributed by atoms with E-state index in [0.717, 1.165) is 23.5 Å². The summed E-state index contributed by atoms with van der Waals surface area (Å²) < 4.78 is 5.65. The number of carbonyl (C=O) groups is 1. The molecule has 1 aromatic heterocycles. The maximum absolute atomic E-state index is 12.5. The number of carbonyl (C=O) groups excluding carboxylic acids is 1. The van der Waals surface area contributed by atoms with Gasteiger partial charge in [0.05, 0.1) is 11.0 Å². The molecule has 0 aliphatic heterocycles. The van der Waals surface area contributed by atoms with Crippen molar-refractivity contribution in [1.82, 2.24) is 0 Å². The second-order valence-corrected chi connectivity index (χ2v) is 6.57. The standard InChI is InChI=1S/C17H18O2S/c1-11(2)19-14-7-3-6-13(9-14)17(18)16-10-12-5-4-8-15(12)20-16/h3,6-7,9-11H,4-5,8H2,1-2H3. The fourth-order valence-corrected chi connectivity index (χ4v) is 3.78. The summed E-state index contributed by atoms with van der Waals surface area (Å²) in [5, 5.41) is 0. The van der Waals surface area contributed by atoms with E-state index in [1.807, 2.05) is 38.1 Å². The Morgan fingerprint density at radius 1 is 1.25 bits per heavy atom. The van der Waals surface area contributed by atoms with Gasteiger partial charge in [-0.15, -0.1) is 11.3 Å². The largest absolute Gasteiger partial charge is 0.491 e. The van der Waals surface area contributed by atoms with Crippen molar-refractivity contribution in [3.05, 3.63) is 51.2 Å². The molecule has 1 aromatic carbocycles. The maximum atomic E-state index is 12.5. The smallest absolute Gasteiger partial charge is 0.203 e. The summed E-state index contributed by atoms with van der Waals surface area (Å²) in [6.45, 7) is 3.97. The molecule has 104 valence electrons. The van der Waals surface area contributed by atoms with Crippen LogP contribution in [-0.4, -0.2) is 11.9 Å². The molecule has 0 radical (unpaired) electrons. The van der Waals surface area contributed by atoms with Crippen molar-refractivity contribution in [2.75, 3.05) is 0 Å². The van der Waals surface area contributed by atoms with E-state index in [1.165, 1.54) is 16.9 Å².